The zero-order valence-corrected chi connectivity index (χ0v) is 16.6. The van der Waals surface area contributed by atoms with Gasteiger partial charge in [0.05, 0.1) is 5.75 Å². The van der Waals surface area contributed by atoms with Gasteiger partial charge in [0.1, 0.15) is 16.2 Å². The van der Waals surface area contributed by atoms with Gasteiger partial charge in [0.2, 0.25) is 0 Å². The Morgan fingerprint density at radius 3 is 2.85 bits per heavy atom. The van der Waals surface area contributed by atoms with E-state index in [0.29, 0.717) is 0 Å². The summed E-state index contributed by atoms with van der Waals surface area (Å²) in [4.78, 5) is 33.3. The number of hydrogen-bond acceptors (Lipinski definition) is 7. The van der Waals surface area contributed by atoms with E-state index in [1.165, 1.54) is 29.4 Å². The van der Waals surface area contributed by atoms with E-state index in [0.717, 1.165) is 26.5 Å². The number of rotatable bonds is 7. The van der Waals surface area contributed by atoms with Crippen molar-refractivity contribution in [3.8, 4) is 0 Å². The van der Waals surface area contributed by atoms with Gasteiger partial charge in [0.25, 0.3) is 5.91 Å². The van der Waals surface area contributed by atoms with Crippen LogP contribution in [0.25, 0.3) is 10.2 Å². The van der Waals surface area contributed by atoms with Crippen molar-refractivity contribution in [2.45, 2.75) is 24.8 Å². The van der Waals surface area contributed by atoms with Crippen LogP contribution in [0.4, 0.5) is 5.69 Å². The van der Waals surface area contributed by atoms with Crippen molar-refractivity contribution in [1.82, 2.24) is 9.97 Å². The Hall–Kier alpha value is -2.45. The lowest BCUT2D eigenvalue weighted by Gasteiger charge is -2.13. The molecule has 1 N–H and O–H groups in total. The van der Waals surface area contributed by atoms with Crippen LogP contribution in [0.1, 0.15) is 25.3 Å². The molecule has 140 valence electrons. The number of benzene rings is 1. The third kappa shape index (κ3) is 5.05. The van der Waals surface area contributed by atoms with Crippen molar-refractivity contribution in [2.75, 3.05) is 17.7 Å². The van der Waals surface area contributed by atoms with Crippen molar-refractivity contribution in [3.05, 3.63) is 47.6 Å². The molecular formula is C19H19N3O3S2. The lowest BCUT2D eigenvalue weighted by molar-refractivity contribution is -0.144. The SMILES string of the molecule is CC(C)c1ccccc1NC(=O)COC(=O)CSc1ncnc2sccc12. The maximum atomic E-state index is 12.1. The number of ether oxygens (including phenoxy) is 1. The highest BCUT2D eigenvalue weighted by Crippen LogP contribution is 2.27. The Kier molecular flexibility index (Phi) is 6.41. The lowest BCUT2D eigenvalue weighted by atomic mass is 10.0. The second-order valence-corrected chi connectivity index (χ2v) is 7.92. The van der Waals surface area contributed by atoms with Crippen LogP contribution in [0, 0.1) is 0 Å². The van der Waals surface area contributed by atoms with E-state index < -0.39 is 5.97 Å². The highest BCUT2D eigenvalue weighted by molar-refractivity contribution is 8.00. The van der Waals surface area contributed by atoms with Crippen molar-refractivity contribution in [1.29, 1.82) is 0 Å². The Morgan fingerprint density at radius 2 is 2.04 bits per heavy atom. The molecule has 6 nitrogen and oxygen atoms in total. The van der Waals surface area contributed by atoms with E-state index in [1.54, 1.807) is 0 Å². The summed E-state index contributed by atoms with van der Waals surface area (Å²) in [6, 6.07) is 9.52. The van der Waals surface area contributed by atoms with Gasteiger partial charge in [-0.05, 0) is 29.0 Å². The Morgan fingerprint density at radius 1 is 1.22 bits per heavy atom. The summed E-state index contributed by atoms with van der Waals surface area (Å²) in [5.74, 6) is -0.460. The van der Waals surface area contributed by atoms with Gasteiger partial charge in [-0.3, -0.25) is 9.59 Å². The summed E-state index contributed by atoms with van der Waals surface area (Å²) in [5.41, 5.74) is 1.78. The largest absolute Gasteiger partial charge is 0.455 e. The molecule has 1 amide bonds. The number of amides is 1. The molecule has 3 rings (SSSR count). The van der Waals surface area contributed by atoms with Gasteiger partial charge >= 0.3 is 5.97 Å². The zero-order chi connectivity index (χ0) is 19.2. The first kappa shape index (κ1) is 19.3. The van der Waals surface area contributed by atoms with Crippen LogP contribution in [0.5, 0.6) is 0 Å². The number of anilines is 1. The average Bonchev–Trinajstić information content (AvgIpc) is 3.14. The maximum absolute atomic E-state index is 12.1. The number of nitrogens with one attached hydrogen (secondary N) is 1. The van der Waals surface area contributed by atoms with Gasteiger partial charge in [-0.1, -0.05) is 43.8 Å². The minimum absolute atomic E-state index is 0.0812. The predicted molar refractivity (Wildman–Crippen MR) is 108 cm³/mol. The van der Waals surface area contributed by atoms with Crippen molar-refractivity contribution in [3.63, 3.8) is 0 Å². The van der Waals surface area contributed by atoms with Crippen LogP contribution in [-0.4, -0.2) is 34.2 Å². The highest BCUT2D eigenvalue weighted by atomic mass is 32.2. The van der Waals surface area contributed by atoms with Gasteiger partial charge in [0.15, 0.2) is 6.61 Å². The second-order valence-electron chi connectivity index (χ2n) is 6.06. The Balaban J connectivity index is 1.49. The molecule has 1 aromatic carbocycles. The molecule has 2 heterocycles. The summed E-state index contributed by atoms with van der Waals surface area (Å²) < 4.78 is 5.08. The third-order valence-electron chi connectivity index (χ3n) is 3.77. The molecule has 0 fully saturated rings. The van der Waals surface area contributed by atoms with E-state index in [-0.39, 0.29) is 24.2 Å². The van der Waals surface area contributed by atoms with Crippen molar-refractivity contribution >= 4 is 50.9 Å². The Bertz CT molecular complexity index is 956. The number of carbonyl (C=O) groups excluding carboxylic acids is 2. The molecule has 0 aliphatic heterocycles. The molecule has 2 aromatic heterocycles. The van der Waals surface area contributed by atoms with Crippen LogP contribution in [0.2, 0.25) is 0 Å². The summed E-state index contributed by atoms with van der Waals surface area (Å²) in [6.07, 6.45) is 1.48. The highest BCUT2D eigenvalue weighted by Gasteiger charge is 2.13. The molecule has 0 bridgehead atoms. The van der Waals surface area contributed by atoms with Crippen LogP contribution >= 0.6 is 23.1 Å². The fourth-order valence-electron chi connectivity index (χ4n) is 2.50. The van der Waals surface area contributed by atoms with Crippen LogP contribution in [0.15, 0.2) is 47.1 Å². The fourth-order valence-corrected chi connectivity index (χ4v) is 4.08. The topological polar surface area (TPSA) is 81.2 Å². The molecule has 0 saturated heterocycles. The van der Waals surface area contributed by atoms with Crippen molar-refractivity contribution in [2.24, 2.45) is 0 Å². The van der Waals surface area contributed by atoms with Gasteiger partial charge in [-0.15, -0.1) is 11.3 Å². The van der Waals surface area contributed by atoms with Gasteiger partial charge in [-0.2, -0.15) is 0 Å². The molecule has 0 aliphatic rings. The number of nitrogens with zero attached hydrogens (tertiary/aromatic N) is 2. The lowest BCUT2D eigenvalue weighted by Crippen LogP contribution is -2.22. The van der Waals surface area contributed by atoms with E-state index in [2.05, 4.69) is 29.1 Å². The molecule has 0 unspecified atom stereocenters. The smallest absolute Gasteiger partial charge is 0.316 e. The summed E-state index contributed by atoms with van der Waals surface area (Å²) in [7, 11) is 0. The number of thioether (sulfide) groups is 1. The number of esters is 1. The fraction of sp³-hybridized carbons (Fsp3) is 0.263. The minimum atomic E-state index is -0.464. The van der Waals surface area contributed by atoms with Crippen LogP contribution in [-0.2, 0) is 14.3 Å². The normalized spacial score (nSPS) is 10.9. The van der Waals surface area contributed by atoms with Gasteiger partial charge < -0.3 is 10.1 Å². The predicted octanol–water partition coefficient (Wildman–Crippen LogP) is 4.09. The molecular weight excluding hydrogens is 382 g/mol. The molecule has 0 spiro atoms. The minimum Gasteiger partial charge on any atom is -0.455 e. The van der Waals surface area contributed by atoms with Crippen molar-refractivity contribution < 1.29 is 14.3 Å². The molecule has 27 heavy (non-hydrogen) atoms. The standard InChI is InChI=1S/C19H19N3O3S2/c1-12(2)13-5-3-4-6-15(13)22-16(23)9-25-17(24)10-27-19-14-7-8-26-18(14)20-11-21-19/h3-8,11-12H,9-10H2,1-2H3,(H,22,23). The average molecular weight is 402 g/mol. The summed E-state index contributed by atoms with van der Waals surface area (Å²) in [6.45, 7) is 3.79. The molecule has 0 saturated carbocycles. The number of carbonyl (C=O) groups is 2. The van der Waals surface area contributed by atoms with Crippen LogP contribution in [0.3, 0.4) is 0 Å². The first-order valence-corrected chi connectivity index (χ1v) is 10.3. The van der Waals surface area contributed by atoms with E-state index in [1.807, 2.05) is 35.7 Å². The zero-order valence-electron chi connectivity index (χ0n) is 15.0. The quantitative estimate of drug-likeness (QED) is 0.365. The molecule has 0 aliphatic carbocycles. The number of fused-ring (bicyclic) bond motifs is 1. The molecule has 0 atom stereocenters. The third-order valence-corrected chi connectivity index (χ3v) is 5.57. The number of aromatic nitrogens is 2. The molecule has 8 heteroatoms. The van der Waals surface area contributed by atoms with Crippen LogP contribution < -0.4 is 5.32 Å². The first-order valence-electron chi connectivity index (χ1n) is 8.40. The number of hydrogen-bond donors (Lipinski definition) is 1. The number of para-hydroxylation sites is 1. The monoisotopic (exact) mass is 401 g/mol. The molecule has 0 radical (unpaired) electrons. The van der Waals surface area contributed by atoms with E-state index in [4.69, 9.17) is 4.74 Å². The van der Waals surface area contributed by atoms with E-state index in [9.17, 15) is 9.59 Å². The molecule has 3 aromatic rings. The maximum Gasteiger partial charge on any atom is 0.316 e. The Labute approximate surface area is 165 Å². The van der Waals surface area contributed by atoms with Gasteiger partial charge in [-0.25, -0.2) is 9.97 Å². The summed E-state index contributed by atoms with van der Waals surface area (Å²) >= 11 is 2.79. The van der Waals surface area contributed by atoms with E-state index >= 15 is 0 Å². The number of thiophene rings is 1. The second kappa shape index (κ2) is 8.96. The summed E-state index contributed by atoms with van der Waals surface area (Å²) in [5, 5.41) is 6.38. The van der Waals surface area contributed by atoms with Gasteiger partial charge in [0, 0.05) is 11.1 Å². The first-order chi connectivity index (χ1) is 13.0.